The highest BCUT2D eigenvalue weighted by atomic mass is 16.5. The molecule has 1 atom stereocenters. The van der Waals surface area contributed by atoms with Crippen LogP contribution >= 0.6 is 0 Å². The van der Waals surface area contributed by atoms with Gasteiger partial charge in [-0.25, -0.2) is 4.79 Å². The molecule has 0 unspecified atom stereocenters. The highest BCUT2D eigenvalue weighted by molar-refractivity contribution is 6.23. The van der Waals surface area contributed by atoms with Crippen molar-refractivity contribution < 1.29 is 23.8 Å². The van der Waals surface area contributed by atoms with Crippen LogP contribution in [0.1, 0.15) is 46.8 Å². The smallest absolute Gasteiger partial charge is 0.336 e. The molecule has 6 nitrogen and oxygen atoms in total. The number of hydrogen-bond donors (Lipinski definition) is 1. The molecule has 182 valence electrons. The Morgan fingerprint density at radius 3 is 2.39 bits per heavy atom. The molecule has 36 heavy (non-hydrogen) atoms. The van der Waals surface area contributed by atoms with E-state index in [2.05, 4.69) is 5.32 Å². The molecule has 3 aromatic carbocycles. The lowest BCUT2D eigenvalue weighted by atomic mass is 9.79. The van der Waals surface area contributed by atoms with Crippen molar-refractivity contribution in [3.63, 3.8) is 0 Å². The summed E-state index contributed by atoms with van der Waals surface area (Å²) in [5, 5.41) is 3.31. The lowest BCUT2D eigenvalue weighted by Crippen LogP contribution is -2.29. The van der Waals surface area contributed by atoms with Crippen LogP contribution in [0.2, 0.25) is 0 Å². The third-order valence-corrected chi connectivity index (χ3v) is 6.50. The molecule has 0 saturated heterocycles. The number of allylic oxidation sites excluding steroid dienone is 2. The maximum absolute atomic E-state index is 13.6. The average Bonchev–Trinajstić information content (AvgIpc) is 3.18. The van der Waals surface area contributed by atoms with Gasteiger partial charge in [-0.1, -0.05) is 60.7 Å². The van der Waals surface area contributed by atoms with Gasteiger partial charge in [-0.15, -0.1) is 0 Å². The van der Waals surface area contributed by atoms with Crippen LogP contribution in [0.3, 0.4) is 0 Å². The van der Waals surface area contributed by atoms with Crippen LogP contribution in [0, 0.1) is 0 Å². The third-order valence-electron chi connectivity index (χ3n) is 6.50. The van der Waals surface area contributed by atoms with Gasteiger partial charge in [-0.3, -0.25) is 4.79 Å². The fourth-order valence-corrected chi connectivity index (χ4v) is 4.86. The number of dihydropyridines is 1. The van der Waals surface area contributed by atoms with Gasteiger partial charge in [0.1, 0.15) is 6.61 Å². The van der Waals surface area contributed by atoms with Crippen molar-refractivity contribution in [2.45, 2.75) is 26.4 Å². The van der Waals surface area contributed by atoms with Crippen LogP contribution < -0.4 is 14.8 Å². The highest BCUT2D eigenvalue weighted by Crippen LogP contribution is 2.48. The first-order chi connectivity index (χ1) is 17.5. The van der Waals surface area contributed by atoms with Crippen molar-refractivity contribution in [2.75, 3.05) is 13.7 Å². The minimum absolute atomic E-state index is 0.101. The summed E-state index contributed by atoms with van der Waals surface area (Å²) < 4.78 is 17.1. The monoisotopic (exact) mass is 481 g/mol. The average molecular weight is 482 g/mol. The Hall–Kier alpha value is -4.32. The van der Waals surface area contributed by atoms with E-state index in [1.807, 2.05) is 79.7 Å². The van der Waals surface area contributed by atoms with E-state index < -0.39 is 11.9 Å². The molecule has 0 radical (unpaired) electrons. The zero-order valence-corrected chi connectivity index (χ0v) is 20.5. The molecule has 1 heterocycles. The number of hydrogen-bond acceptors (Lipinski definition) is 6. The van der Waals surface area contributed by atoms with Crippen molar-refractivity contribution in [1.29, 1.82) is 0 Å². The molecule has 0 amide bonds. The molecule has 0 saturated carbocycles. The van der Waals surface area contributed by atoms with Crippen LogP contribution in [-0.2, 0) is 16.1 Å². The lowest BCUT2D eigenvalue weighted by molar-refractivity contribution is -0.138. The summed E-state index contributed by atoms with van der Waals surface area (Å²) in [7, 11) is 1.57. The third kappa shape index (κ3) is 4.05. The van der Waals surface area contributed by atoms with Crippen molar-refractivity contribution in [3.8, 4) is 11.5 Å². The Kier molecular flexibility index (Phi) is 6.34. The SMILES string of the molecule is CCOC(=O)C1=C(C)NC2=C(C(=O)c3ccccc32)[C@@H]1c1ccc(OCc2ccccc2)c(OC)c1. The molecule has 1 aliphatic heterocycles. The highest BCUT2D eigenvalue weighted by Gasteiger charge is 2.43. The first-order valence-electron chi connectivity index (χ1n) is 11.9. The van der Waals surface area contributed by atoms with Crippen molar-refractivity contribution in [3.05, 3.63) is 112 Å². The largest absolute Gasteiger partial charge is 0.493 e. The summed E-state index contributed by atoms with van der Waals surface area (Å²) in [6.45, 7) is 4.23. The van der Waals surface area contributed by atoms with Gasteiger partial charge in [0.25, 0.3) is 0 Å². The minimum Gasteiger partial charge on any atom is -0.493 e. The van der Waals surface area contributed by atoms with Crippen LogP contribution in [0.15, 0.2) is 89.6 Å². The van der Waals surface area contributed by atoms with E-state index in [9.17, 15) is 9.59 Å². The summed E-state index contributed by atoms with van der Waals surface area (Å²) in [5.74, 6) is -0.0696. The molecule has 0 aromatic heterocycles. The lowest BCUT2D eigenvalue weighted by Gasteiger charge is -2.29. The van der Waals surface area contributed by atoms with Gasteiger partial charge in [0.05, 0.1) is 25.0 Å². The Morgan fingerprint density at radius 1 is 0.944 bits per heavy atom. The molecule has 5 rings (SSSR count). The normalized spacial score (nSPS) is 16.3. The van der Waals surface area contributed by atoms with Gasteiger partial charge in [-0.2, -0.15) is 0 Å². The summed E-state index contributed by atoms with van der Waals surface area (Å²) in [4.78, 5) is 26.7. The van der Waals surface area contributed by atoms with E-state index in [-0.39, 0.29) is 12.4 Å². The number of rotatable bonds is 7. The second-order valence-corrected chi connectivity index (χ2v) is 8.67. The van der Waals surface area contributed by atoms with Gasteiger partial charge in [0, 0.05) is 28.3 Å². The number of carbonyl (C=O) groups is 2. The number of benzene rings is 3. The number of nitrogens with one attached hydrogen (secondary N) is 1. The summed E-state index contributed by atoms with van der Waals surface area (Å²) in [5.41, 5.74) is 5.57. The molecule has 1 aliphatic carbocycles. The predicted octanol–water partition coefficient (Wildman–Crippen LogP) is 5.41. The number of methoxy groups -OCH3 is 1. The van der Waals surface area contributed by atoms with Crippen LogP contribution in [-0.4, -0.2) is 25.5 Å². The standard InChI is InChI=1S/C30H27NO5/c1-4-35-30(33)25-18(2)31-28-21-12-8-9-13-22(21)29(32)27(28)26(25)20-14-15-23(24(16-20)34-3)36-17-19-10-6-5-7-11-19/h5-16,26,31H,4,17H2,1-3H3/t26-/m1/s1. The van der Waals surface area contributed by atoms with Crippen LogP contribution in [0.4, 0.5) is 0 Å². The van der Waals surface area contributed by atoms with Gasteiger partial charge in [0.15, 0.2) is 17.3 Å². The van der Waals surface area contributed by atoms with E-state index in [0.29, 0.717) is 40.5 Å². The Balaban J connectivity index is 1.58. The Morgan fingerprint density at radius 2 is 1.67 bits per heavy atom. The van der Waals surface area contributed by atoms with Gasteiger partial charge in [0.2, 0.25) is 0 Å². The topological polar surface area (TPSA) is 73.9 Å². The van der Waals surface area contributed by atoms with Crippen molar-refractivity contribution in [2.24, 2.45) is 0 Å². The fourth-order valence-electron chi connectivity index (χ4n) is 4.86. The zero-order chi connectivity index (χ0) is 25.2. The molecule has 6 heteroatoms. The van der Waals surface area contributed by atoms with E-state index >= 15 is 0 Å². The van der Waals surface area contributed by atoms with Gasteiger partial charge < -0.3 is 19.5 Å². The fraction of sp³-hybridized carbons (Fsp3) is 0.200. The second kappa shape index (κ2) is 9.74. The summed E-state index contributed by atoms with van der Waals surface area (Å²) in [6.07, 6.45) is 0. The predicted molar refractivity (Wildman–Crippen MR) is 137 cm³/mol. The maximum Gasteiger partial charge on any atom is 0.336 e. The first kappa shape index (κ1) is 23.4. The molecular weight excluding hydrogens is 454 g/mol. The molecule has 0 bridgehead atoms. The second-order valence-electron chi connectivity index (χ2n) is 8.67. The molecule has 0 spiro atoms. The molecule has 2 aliphatic rings. The number of carbonyl (C=O) groups excluding carboxylic acids is 2. The number of Topliss-reactive ketones (excluding diaryl/α,β-unsaturated/α-hetero) is 1. The molecular formula is C30H27NO5. The quantitative estimate of drug-likeness (QED) is 0.455. The van der Waals surface area contributed by atoms with Crippen LogP contribution in [0.25, 0.3) is 5.70 Å². The minimum atomic E-state index is -0.614. The Labute approximate surface area is 210 Å². The van der Waals surface area contributed by atoms with E-state index in [0.717, 1.165) is 22.4 Å². The summed E-state index contributed by atoms with van der Waals surface area (Å²) in [6, 6.07) is 22.9. The Bertz CT molecular complexity index is 1400. The van der Waals surface area contributed by atoms with Crippen LogP contribution in [0.5, 0.6) is 11.5 Å². The number of ether oxygens (including phenoxy) is 3. The molecule has 1 N–H and O–H groups in total. The van der Waals surface area contributed by atoms with Gasteiger partial charge in [-0.05, 0) is 37.1 Å². The zero-order valence-electron chi connectivity index (χ0n) is 20.5. The number of fused-ring (bicyclic) bond motifs is 2. The van der Waals surface area contributed by atoms with E-state index in [1.165, 1.54) is 0 Å². The first-order valence-corrected chi connectivity index (χ1v) is 11.9. The maximum atomic E-state index is 13.6. The van der Waals surface area contributed by atoms with E-state index in [1.54, 1.807) is 14.0 Å². The van der Waals surface area contributed by atoms with Crippen molar-refractivity contribution >= 4 is 17.4 Å². The molecule has 0 fully saturated rings. The summed E-state index contributed by atoms with van der Waals surface area (Å²) >= 11 is 0. The number of ketones is 1. The van der Waals surface area contributed by atoms with Gasteiger partial charge >= 0.3 is 5.97 Å². The number of esters is 1. The molecule has 3 aromatic rings. The van der Waals surface area contributed by atoms with E-state index in [4.69, 9.17) is 14.2 Å². The van der Waals surface area contributed by atoms with Crippen molar-refractivity contribution in [1.82, 2.24) is 5.32 Å².